The Hall–Kier alpha value is -2.18. The van der Waals surface area contributed by atoms with Gasteiger partial charge in [-0.3, -0.25) is 4.57 Å². The van der Waals surface area contributed by atoms with Crippen molar-refractivity contribution in [3.63, 3.8) is 0 Å². The van der Waals surface area contributed by atoms with E-state index >= 15 is 0 Å². The number of hydrogen-bond donors (Lipinski definition) is 2. The molecule has 1 saturated carbocycles. The van der Waals surface area contributed by atoms with E-state index in [0.717, 1.165) is 38.2 Å². The monoisotopic (exact) mass is 339 g/mol. The number of aromatic nitrogens is 2. The Kier molecular flexibility index (Phi) is 3.89. The fourth-order valence-corrected chi connectivity index (χ4v) is 4.18. The summed E-state index contributed by atoms with van der Waals surface area (Å²) in [7, 11) is 0. The maximum absolute atomic E-state index is 11.9. The van der Waals surface area contributed by atoms with Crippen LogP contribution >= 0.6 is 0 Å². The van der Waals surface area contributed by atoms with Gasteiger partial charge in [0.15, 0.2) is 0 Å². The van der Waals surface area contributed by atoms with Gasteiger partial charge in [0.1, 0.15) is 5.82 Å². The summed E-state index contributed by atoms with van der Waals surface area (Å²) in [5, 5.41) is 0. The minimum absolute atomic E-state index is 0.243. The molecule has 2 heterocycles. The number of aryl methyl sites for hydroxylation is 1. The molecule has 1 saturated heterocycles. The lowest BCUT2D eigenvalue weighted by Gasteiger charge is -2.20. The Labute approximate surface area is 147 Å². The highest BCUT2D eigenvalue weighted by Crippen LogP contribution is 2.55. The van der Waals surface area contributed by atoms with Crippen molar-refractivity contribution in [1.29, 1.82) is 0 Å². The van der Waals surface area contributed by atoms with Gasteiger partial charge < -0.3 is 16.4 Å². The maximum atomic E-state index is 11.9. The Bertz CT molecular complexity index is 830. The van der Waals surface area contributed by atoms with Crippen molar-refractivity contribution in [3.05, 3.63) is 52.6 Å². The van der Waals surface area contributed by atoms with Gasteiger partial charge in [-0.1, -0.05) is 19.1 Å². The van der Waals surface area contributed by atoms with Crippen molar-refractivity contribution >= 4 is 5.82 Å². The van der Waals surface area contributed by atoms with Gasteiger partial charge in [-0.05, 0) is 49.1 Å². The second kappa shape index (κ2) is 5.97. The SMILES string of the molecule is C[C@@]12CN(CCCc3ccc(-n4ccc(N)nc4=O)cc3)CC1C2N. The predicted molar refractivity (Wildman–Crippen MR) is 98.6 cm³/mol. The summed E-state index contributed by atoms with van der Waals surface area (Å²) in [6.45, 7) is 5.74. The molecule has 2 unspecified atom stereocenters. The first-order chi connectivity index (χ1) is 12.0. The van der Waals surface area contributed by atoms with E-state index in [2.05, 4.69) is 28.9 Å². The molecule has 132 valence electrons. The van der Waals surface area contributed by atoms with Crippen molar-refractivity contribution in [2.24, 2.45) is 17.1 Å². The first kappa shape index (κ1) is 16.3. The van der Waals surface area contributed by atoms with Gasteiger partial charge in [-0.2, -0.15) is 4.98 Å². The molecule has 4 N–H and O–H groups in total. The van der Waals surface area contributed by atoms with E-state index in [1.807, 2.05) is 12.1 Å². The molecule has 1 aliphatic heterocycles. The van der Waals surface area contributed by atoms with Crippen LogP contribution in [0.4, 0.5) is 5.82 Å². The summed E-state index contributed by atoms with van der Waals surface area (Å²) in [6, 6.07) is 10.1. The summed E-state index contributed by atoms with van der Waals surface area (Å²) in [5.74, 6) is 0.950. The van der Waals surface area contributed by atoms with Gasteiger partial charge in [-0.25, -0.2) is 4.79 Å². The highest BCUT2D eigenvalue weighted by atomic mass is 16.1. The third-order valence-electron chi connectivity index (χ3n) is 5.93. The Morgan fingerprint density at radius 3 is 2.68 bits per heavy atom. The van der Waals surface area contributed by atoms with Crippen LogP contribution in [-0.2, 0) is 6.42 Å². The number of likely N-dealkylation sites (tertiary alicyclic amines) is 1. The molecule has 25 heavy (non-hydrogen) atoms. The topological polar surface area (TPSA) is 90.2 Å². The van der Waals surface area contributed by atoms with Crippen molar-refractivity contribution in [3.8, 4) is 5.69 Å². The number of benzene rings is 1. The normalized spacial score (nSPS) is 28.1. The lowest BCUT2D eigenvalue weighted by molar-refractivity contribution is 0.274. The molecular weight excluding hydrogens is 314 g/mol. The standard InChI is InChI=1S/C19H25N5O/c1-19-12-23(11-15(19)17(19)21)9-2-3-13-4-6-14(7-5-13)24-10-8-16(20)22-18(24)25/h4-8,10,15,17H,2-3,9,11-12,21H2,1H3,(H2,20,22,25)/t15?,17?,19-/m1/s1. The first-order valence-corrected chi connectivity index (χ1v) is 8.90. The number of nitrogens with zero attached hydrogens (tertiary/aromatic N) is 3. The molecular formula is C19H25N5O. The van der Waals surface area contributed by atoms with E-state index in [-0.39, 0.29) is 11.5 Å². The molecule has 0 spiro atoms. The third-order valence-corrected chi connectivity index (χ3v) is 5.93. The van der Waals surface area contributed by atoms with Gasteiger partial charge in [-0.15, -0.1) is 0 Å². The molecule has 6 heteroatoms. The van der Waals surface area contributed by atoms with Gasteiger partial charge in [0.25, 0.3) is 0 Å². The largest absolute Gasteiger partial charge is 0.383 e. The molecule has 2 aliphatic rings. The Morgan fingerprint density at radius 1 is 1.28 bits per heavy atom. The van der Waals surface area contributed by atoms with Crippen molar-refractivity contribution < 1.29 is 0 Å². The van der Waals surface area contributed by atoms with Crippen molar-refractivity contribution in [2.75, 3.05) is 25.4 Å². The fraction of sp³-hybridized carbons (Fsp3) is 0.474. The average molecular weight is 339 g/mol. The number of piperidine rings is 1. The maximum Gasteiger partial charge on any atom is 0.354 e. The van der Waals surface area contributed by atoms with E-state index in [9.17, 15) is 4.79 Å². The van der Waals surface area contributed by atoms with Gasteiger partial charge in [0, 0.05) is 30.7 Å². The Morgan fingerprint density at radius 2 is 2.04 bits per heavy atom. The van der Waals surface area contributed by atoms with Crippen molar-refractivity contribution in [2.45, 2.75) is 25.8 Å². The van der Waals surface area contributed by atoms with Gasteiger partial charge in [0.2, 0.25) is 0 Å². The summed E-state index contributed by atoms with van der Waals surface area (Å²) < 4.78 is 1.50. The number of fused-ring (bicyclic) bond motifs is 1. The summed E-state index contributed by atoms with van der Waals surface area (Å²) in [5.41, 5.74) is 13.7. The van der Waals surface area contributed by atoms with Crippen molar-refractivity contribution in [1.82, 2.24) is 14.5 Å². The van der Waals surface area contributed by atoms with E-state index in [0.29, 0.717) is 17.4 Å². The van der Waals surface area contributed by atoms with Crippen LogP contribution in [0.3, 0.4) is 0 Å². The van der Waals surface area contributed by atoms with Crippen LogP contribution in [0.1, 0.15) is 18.9 Å². The Balaban J connectivity index is 1.31. The quantitative estimate of drug-likeness (QED) is 0.849. The molecule has 0 bridgehead atoms. The highest BCUT2D eigenvalue weighted by molar-refractivity contribution is 5.36. The van der Waals surface area contributed by atoms with Gasteiger partial charge in [0.05, 0.1) is 5.69 Å². The molecule has 2 fully saturated rings. The molecule has 1 aliphatic carbocycles. The minimum atomic E-state index is -0.355. The van der Waals surface area contributed by atoms with Crippen LogP contribution in [0.5, 0.6) is 0 Å². The lowest BCUT2D eigenvalue weighted by Crippen LogP contribution is -2.31. The second-order valence-corrected chi connectivity index (χ2v) is 7.65. The molecule has 1 aromatic heterocycles. The molecule has 6 nitrogen and oxygen atoms in total. The third kappa shape index (κ3) is 2.96. The zero-order valence-corrected chi connectivity index (χ0v) is 14.6. The molecule has 1 aromatic carbocycles. The smallest absolute Gasteiger partial charge is 0.354 e. The number of nitrogens with two attached hydrogens (primary N) is 2. The molecule has 0 amide bonds. The van der Waals surface area contributed by atoms with E-state index in [1.54, 1.807) is 12.3 Å². The number of anilines is 1. The predicted octanol–water partition coefficient (Wildman–Crippen LogP) is 1.03. The number of nitrogen functional groups attached to an aromatic ring is 1. The van der Waals surface area contributed by atoms with E-state index in [4.69, 9.17) is 11.5 Å². The van der Waals surface area contributed by atoms with Crippen LogP contribution in [0.2, 0.25) is 0 Å². The van der Waals surface area contributed by atoms with Crippen LogP contribution in [0.15, 0.2) is 41.3 Å². The molecule has 4 rings (SSSR count). The summed E-state index contributed by atoms with van der Waals surface area (Å²) >= 11 is 0. The van der Waals surface area contributed by atoms with E-state index in [1.165, 1.54) is 10.1 Å². The fourth-order valence-electron chi connectivity index (χ4n) is 4.18. The molecule has 2 aromatic rings. The first-order valence-electron chi connectivity index (χ1n) is 8.90. The number of hydrogen-bond acceptors (Lipinski definition) is 5. The van der Waals surface area contributed by atoms with Gasteiger partial charge >= 0.3 is 5.69 Å². The molecule has 3 atom stereocenters. The van der Waals surface area contributed by atoms with Crippen LogP contribution in [0, 0.1) is 11.3 Å². The zero-order valence-electron chi connectivity index (χ0n) is 14.6. The average Bonchev–Trinajstić information content (AvgIpc) is 2.91. The van der Waals surface area contributed by atoms with Crippen LogP contribution < -0.4 is 17.2 Å². The summed E-state index contributed by atoms with van der Waals surface area (Å²) in [6.07, 6.45) is 3.84. The summed E-state index contributed by atoms with van der Waals surface area (Å²) in [4.78, 5) is 18.2. The minimum Gasteiger partial charge on any atom is -0.383 e. The molecule has 0 radical (unpaired) electrons. The van der Waals surface area contributed by atoms with Crippen LogP contribution in [0.25, 0.3) is 5.69 Å². The van der Waals surface area contributed by atoms with E-state index < -0.39 is 0 Å². The van der Waals surface area contributed by atoms with Crippen LogP contribution in [-0.4, -0.2) is 40.1 Å². The second-order valence-electron chi connectivity index (χ2n) is 7.65. The highest BCUT2D eigenvalue weighted by Gasteiger charge is 2.63. The lowest BCUT2D eigenvalue weighted by atomic mass is 10.1. The zero-order chi connectivity index (χ0) is 17.6. The number of rotatable bonds is 5.